The van der Waals surface area contributed by atoms with Crippen LogP contribution >= 0.6 is 22.9 Å². The molecule has 0 bridgehead atoms. The summed E-state index contributed by atoms with van der Waals surface area (Å²) in [6.45, 7) is 0. The number of methoxy groups -OCH3 is 1. The Morgan fingerprint density at radius 3 is 2.71 bits per heavy atom. The number of hydrogen-bond acceptors (Lipinski definition) is 2. The largest absolute Gasteiger partial charge is 0.497 e. The van der Waals surface area contributed by atoms with Gasteiger partial charge in [0.15, 0.2) is 0 Å². The summed E-state index contributed by atoms with van der Waals surface area (Å²) in [5.41, 5.74) is 2.27. The Bertz CT molecular complexity index is 436. The summed E-state index contributed by atoms with van der Waals surface area (Å²) in [5, 5.41) is 2.04. The van der Waals surface area contributed by atoms with Gasteiger partial charge in [0.25, 0.3) is 0 Å². The van der Waals surface area contributed by atoms with Crippen LogP contribution in [0.3, 0.4) is 0 Å². The molecule has 1 aromatic carbocycles. The first-order valence-electron chi connectivity index (χ1n) is 4.18. The van der Waals surface area contributed by atoms with Crippen LogP contribution in [0.5, 0.6) is 5.75 Å². The molecule has 0 amide bonds. The summed E-state index contributed by atoms with van der Waals surface area (Å²) in [4.78, 5) is 0. The van der Waals surface area contributed by atoms with Crippen LogP contribution in [-0.2, 0) is 0 Å². The van der Waals surface area contributed by atoms with Crippen molar-refractivity contribution < 1.29 is 4.74 Å². The van der Waals surface area contributed by atoms with Crippen LogP contribution in [-0.4, -0.2) is 7.11 Å². The van der Waals surface area contributed by atoms with Crippen LogP contribution in [0.2, 0.25) is 4.34 Å². The summed E-state index contributed by atoms with van der Waals surface area (Å²) in [6, 6.07) is 9.90. The maximum Gasteiger partial charge on any atom is 0.119 e. The number of rotatable bonds is 2. The number of benzene rings is 1. The fourth-order valence-corrected chi connectivity index (χ4v) is 2.15. The molecule has 3 heteroatoms. The smallest absolute Gasteiger partial charge is 0.119 e. The van der Waals surface area contributed by atoms with E-state index in [4.69, 9.17) is 16.3 Å². The summed E-state index contributed by atoms with van der Waals surface area (Å²) >= 11 is 7.41. The van der Waals surface area contributed by atoms with Gasteiger partial charge in [0.1, 0.15) is 5.75 Å². The van der Waals surface area contributed by atoms with Gasteiger partial charge in [-0.05, 0) is 29.3 Å². The maximum atomic E-state index is 5.87. The van der Waals surface area contributed by atoms with E-state index >= 15 is 0 Å². The van der Waals surface area contributed by atoms with Crippen LogP contribution < -0.4 is 4.74 Å². The Kier molecular flexibility index (Phi) is 2.75. The molecule has 1 heterocycles. The molecule has 72 valence electrons. The van der Waals surface area contributed by atoms with Crippen molar-refractivity contribution in [3.05, 3.63) is 40.0 Å². The van der Waals surface area contributed by atoms with Crippen LogP contribution in [0.25, 0.3) is 11.1 Å². The van der Waals surface area contributed by atoms with Crippen molar-refractivity contribution in [3.63, 3.8) is 0 Å². The van der Waals surface area contributed by atoms with E-state index in [1.165, 1.54) is 11.3 Å². The highest BCUT2D eigenvalue weighted by molar-refractivity contribution is 7.14. The van der Waals surface area contributed by atoms with Crippen LogP contribution in [0.4, 0.5) is 0 Å². The minimum absolute atomic E-state index is 0.808. The Balaban J connectivity index is 2.41. The molecule has 0 aliphatic rings. The first-order valence-corrected chi connectivity index (χ1v) is 5.44. The minimum atomic E-state index is 0.808. The normalized spacial score (nSPS) is 10.1. The third-order valence-electron chi connectivity index (χ3n) is 1.97. The van der Waals surface area contributed by atoms with E-state index in [-0.39, 0.29) is 0 Å². The standard InChI is InChI=1S/C11H9ClOS/c1-13-10-4-2-3-8(5-10)9-6-11(12)14-7-9/h2-7H,1H3. The Labute approximate surface area is 91.9 Å². The van der Waals surface area contributed by atoms with Gasteiger partial charge in [0.05, 0.1) is 11.4 Å². The molecule has 1 aromatic heterocycles. The number of halogens is 1. The van der Waals surface area contributed by atoms with Crippen molar-refractivity contribution in [1.82, 2.24) is 0 Å². The van der Waals surface area contributed by atoms with Gasteiger partial charge in [0, 0.05) is 5.38 Å². The minimum Gasteiger partial charge on any atom is -0.497 e. The predicted molar refractivity (Wildman–Crippen MR) is 61.3 cm³/mol. The molecule has 14 heavy (non-hydrogen) atoms. The second-order valence-corrected chi connectivity index (χ2v) is 4.41. The van der Waals surface area contributed by atoms with E-state index < -0.39 is 0 Å². The van der Waals surface area contributed by atoms with Crippen LogP contribution in [0, 0.1) is 0 Å². The van der Waals surface area contributed by atoms with E-state index in [9.17, 15) is 0 Å². The van der Waals surface area contributed by atoms with Crippen molar-refractivity contribution in [2.75, 3.05) is 7.11 Å². The zero-order chi connectivity index (χ0) is 9.97. The SMILES string of the molecule is COc1cccc(-c2csc(Cl)c2)c1. The lowest BCUT2D eigenvalue weighted by Gasteiger charge is -2.01. The molecular formula is C11H9ClOS. The highest BCUT2D eigenvalue weighted by Crippen LogP contribution is 2.30. The average molecular weight is 225 g/mol. The highest BCUT2D eigenvalue weighted by atomic mass is 35.5. The van der Waals surface area contributed by atoms with Gasteiger partial charge < -0.3 is 4.74 Å². The fourth-order valence-electron chi connectivity index (χ4n) is 1.26. The van der Waals surface area contributed by atoms with E-state index in [1.54, 1.807) is 7.11 Å². The van der Waals surface area contributed by atoms with Crippen molar-refractivity contribution in [2.24, 2.45) is 0 Å². The topological polar surface area (TPSA) is 9.23 Å². The van der Waals surface area contributed by atoms with E-state index in [0.29, 0.717) is 0 Å². The molecule has 2 rings (SSSR count). The molecule has 0 saturated heterocycles. The van der Waals surface area contributed by atoms with Crippen molar-refractivity contribution in [1.29, 1.82) is 0 Å². The van der Waals surface area contributed by atoms with Gasteiger partial charge in [-0.15, -0.1) is 11.3 Å². The van der Waals surface area contributed by atoms with Gasteiger partial charge in [-0.2, -0.15) is 0 Å². The second-order valence-electron chi connectivity index (χ2n) is 2.87. The van der Waals surface area contributed by atoms with Gasteiger partial charge in [-0.3, -0.25) is 0 Å². The predicted octanol–water partition coefficient (Wildman–Crippen LogP) is 4.08. The average Bonchev–Trinajstić information content (AvgIpc) is 2.65. The van der Waals surface area contributed by atoms with Crippen LogP contribution in [0.1, 0.15) is 0 Å². The summed E-state index contributed by atoms with van der Waals surface area (Å²) in [7, 11) is 1.67. The Hall–Kier alpha value is -0.990. The number of thiophene rings is 1. The summed E-state index contributed by atoms with van der Waals surface area (Å²) in [6.07, 6.45) is 0. The first-order chi connectivity index (χ1) is 6.79. The molecule has 0 aliphatic carbocycles. The number of ether oxygens (including phenoxy) is 1. The quantitative estimate of drug-likeness (QED) is 0.747. The summed E-state index contributed by atoms with van der Waals surface area (Å²) < 4.78 is 5.96. The lowest BCUT2D eigenvalue weighted by Crippen LogP contribution is -1.82. The molecule has 2 aromatic rings. The van der Waals surface area contributed by atoms with E-state index in [0.717, 1.165) is 21.2 Å². The molecular weight excluding hydrogens is 216 g/mol. The van der Waals surface area contributed by atoms with Gasteiger partial charge >= 0.3 is 0 Å². The van der Waals surface area contributed by atoms with Gasteiger partial charge in [-0.25, -0.2) is 0 Å². The lowest BCUT2D eigenvalue weighted by molar-refractivity contribution is 0.415. The Morgan fingerprint density at radius 1 is 1.21 bits per heavy atom. The van der Waals surface area contributed by atoms with Gasteiger partial charge in [0.2, 0.25) is 0 Å². The fraction of sp³-hybridized carbons (Fsp3) is 0.0909. The van der Waals surface area contributed by atoms with Crippen molar-refractivity contribution >= 4 is 22.9 Å². The van der Waals surface area contributed by atoms with Crippen molar-refractivity contribution in [2.45, 2.75) is 0 Å². The van der Waals surface area contributed by atoms with Gasteiger partial charge in [-0.1, -0.05) is 23.7 Å². The third kappa shape index (κ3) is 1.91. The molecule has 0 spiro atoms. The number of hydrogen-bond donors (Lipinski definition) is 0. The lowest BCUT2D eigenvalue weighted by atomic mass is 10.1. The van der Waals surface area contributed by atoms with Crippen molar-refractivity contribution in [3.8, 4) is 16.9 Å². The molecule has 0 unspecified atom stereocenters. The molecule has 1 nitrogen and oxygen atoms in total. The zero-order valence-electron chi connectivity index (χ0n) is 7.66. The van der Waals surface area contributed by atoms with Crippen LogP contribution in [0.15, 0.2) is 35.7 Å². The Morgan fingerprint density at radius 2 is 2.07 bits per heavy atom. The maximum absolute atomic E-state index is 5.87. The van der Waals surface area contributed by atoms with E-state index in [2.05, 4.69) is 0 Å². The second kappa shape index (κ2) is 4.03. The monoisotopic (exact) mass is 224 g/mol. The molecule has 0 radical (unpaired) electrons. The third-order valence-corrected chi connectivity index (χ3v) is 3.06. The van der Waals surface area contributed by atoms with E-state index in [1.807, 2.05) is 35.7 Å². The zero-order valence-corrected chi connectivity index (χ0v) is 9.23. The summed E-state index contributed by atoms with van der Waals surface area (Å²) in [5.74, 6) is 0.866. The molecule has 0 fully saturated rings. The molecule has 0 N–H and O–H groups in total. The molecule has 0 aliphatic heterocycles. The first kappa shape index (κ1) is 9.56. The highest BCUT2D eigenvalue weighted by Gasteiger charge is 2.01. The molecule has 0 atom stereocenters. The molecule has 0 saturated carbocycles.